The summed E-state index contributed by atoms with van der Waals surface area (Å²) >= 11 is 0. The van der Waals surface area contributed by atoms with E-state index in [0.29, 0.717) is 23.7 Å². The van der Waals surface area contributed by atoms with Crippen LogP contribution < -0.4 is 19.5 Å². The molecule has 0 radical (unpaired) electrons. The van der Waals surface area contributed by atoms with Crippen LogP contribution in [-0.2, 0) is 10.0 Å². The van der Waals surface area contributed by atoms with Gasteiger partial charge in [0.15, 0.2) is 0 Å². The molecule has 8 nitrogen and oxygen atoms in total. The standard InChI is InChI=1S/C25H30N4O4S/c1-16-8-6-11-21(32-5)23(16)20-13-22-28-24(27-20)29-34(30,31)19-10-7-9-17(12-19)26-18(15-33-22)14-25(2,3)4/h6-13,18,26H,14-15H2,1-5H3,(H,27,28,29)/t18-/m1/s1. The van der Waals surface area contributed by atoms with E-state index in [1.165, 1.54) is 0 Å². The maximum Gasteiger partial charge on any atom is 0.264 e. The largest absolute Gasteiger partial charge is 0.496 e. The van der Waals surface area contributed by atoms with E-state index in [2.05, 4.69) is 40.8 Å². The zero-order valence-corrected chi connectivity index (χ0v) is 20.9. The Hall–Kier alpha value is -3.33. The van der Waals surface area contributed by atoms with E-state index in [-0.39, 0.29) is 28.2 Å². The van der Waals surface area contributed by atoms with Gasteiger partial charge >= 0.3 is 0 Å². The van der Waals surface area contributed by atoms with Crippen LogP contribution in [-0.4, -0.2) is 38.1 Å². The average Bonchev–Trinajstić information content (AvgIpc) is 2.75. The molecule has 1 atom stereocenters. The summed E-state index contributed by atoms with van der Waals surface area (Å²) < 4.78 is 40.5. The van der Waals surface area contributed by atoms with Crippen LogP contribution in [0.15, 0.2) is 53.4 Å². The highest BCUT2D eigenvalue weighted by Crippen LogP contribution is 2.34. The van der Waals surface area contributed by atoms with Gasteiger partial charge in [0.1, 0.15) is 12.4 Å². The number of hydrogen-bond acceptors (Lipinski definition) is 7. The zero-order chi connectivity index (χ0) is 24.5. The van der Waals surface area contributed by atoms with Crippen molar-refractivity contribution >= 4 is 21.7 Å². The number of nitrogens with one attached hydrogen (secondary N) is 2. The summed E-state index contributed by atoms with van der Waals surface area (Å²) in [5, 5.41) is 3.43. The van der Waals surface area contributed by atoms with E-state index in [9.17, 15) is 8.42 Å². The Bertz CT molecular complexity index is 1300. The minimum absolute atomic E-state index is 0.0276. The van der Waals surface area contributed by atoms with Gasteiger partial charge in [-0.25, -0.2) is 18.1 Å². The van der Waals surface area contributed by atoms with Gasteiger partial charge < -0.3 is 14.8 Å². The summed E-state index contributed by atoms with van der Waals surface area (Å²) in [5.41, 5.74) is 2.91. The van der Waals surface area contributed by atoms with Gasteiger partial charge in [0.05, 0.1) is 23.7 Å². The number of nitrogens with zero attached hydrogens (tertiary/aromatic N) is 2. The Morgan fingerprint density at radius 3 is 2.62 bits per heavy atom. The number of hydrogen-bond donors (Lipinski definition) is 2. The lowest BCUT2D eigenvalue weighted by atomic mass is 9.88. The molecule has 0 spiro atoms. The topological polar surface area (TPSA) is 102 Å². The molecule has 0 saturated carbocycles. The summed E-state index contributed by atoms with van der Waals surface area (Å²) in [4.78, 5) is 8.98. The van der Waals surface area contributed by atoms with Gasteiger partial charge in [0, 0.05) is 17.3 Å². The van der Waals surface area contributed by atoms with Gasteiger partial charge in [-0.2, -0.15) is 4.98 Å². The Labute approximate surface area is 200 Å². The number of aromatic nitrogens is 2. The molecule has 4 rings (SSSR count). The fourth-order valence-electron chi connectivity index (χ4n) is 4.06. The second-order valence-corrected chi connectivity index (χ2v) is 11.3. The molecule has 180 valence electrons. The van der Waals surface area contributed by atoms with Crippen molar-refractivity contribution in [1.82, 2.24) is 9.97 Å². The molecule has 2 heterocycles. The lowest BCUT2D eigenvalue weighted by Gasteiger charge is -2.28. The van der Waals surface area contributed by atoms with Crippen molar-refractivity contribution in [3.05, 3.63) is 54.1 Å². The van der Waals surface area contributed by atoms with Crippen LogP contribution in [0.1, 0.15) is 32.8 Å². The predicted octanol–water partition coefficient (Wildman–Crippen LogP) is 4.87. The van der Waals surface area contributed by atoms with E-state index in [1.54, 1.807) is 31.4 Å². The monoisotopic (exact) mass is 482 g/mol. The number of fused-ring (bicyclic) bond motifs is 4. The van der Waals surface area contributed by atoms with Crippen molar-refractivity contribution in [2.24, 2.45) is 5.41 Å². The lowest BCUT2D eigenvalue weighted by molar-refractivity contribution is 0.244. The fourth-order valence-corrected chi connectivity index (χ4v) is 5.05. The summed E-state index contributed by atoms with van der Waals surface area (Å²) in [6.45, 7) is 8.75. The van der Waals surface area contributed by atoms with E-state index in [1.807, 2.05) is 31.2 Å². The van der Waals surface area contributed by atoms with Crippen molar-refractivity contribution < 1.29 is 17.9 Å². The van der Waals surface area contributed by atoms with Gasteiger partial charge in [0.25, 0.3) is 10.0 Å². The molecule has 2 N–H and O–H groups in total. The van der Waals surface area contributed by atoms with Gasteiger partial charge in [0.2, 0.25) is 11.8 Å². The summed E-state index contributed by atoms with van der Waals surface area (Å²) in [6.07, 6.45) is 0.804. The first-order valence-electron chi connectivity index (χ1n) is 11.1. The van der Waals surface area contributed by atoms with Crippen LogP contribution in [0.3, 0.4) is 0 Å². The smallest absolute Gasteiger partial charge is 0.264 e. The molecule has 0 aliphatic carbocycles. The highest BCUT2D eigenvalue weighted by molar-refractivity contribution is 7.92. The zero-order valence-electron chi connectivity index (χ0n) is 20.0. The Kier molecular flexibility index (Phi) is 6.40. The van der Waals surface area contributed by atoms with Crippen LogP contribution in [0.4, 0.5) is 11.6 Å². The highest BCUT2D eigenvalue weighted by Gasteiger charge is 2.24. The van der Waals surface area contributed by atoms with E-state index in [0.717, 1.165) is 17.5 Å². The molecule has 0 unspecified atom stereocenters. The van der Waals surface area contributed by atoms with Gasteiger partial charge in [-0.1, -0.05) is 39.0 Å². The highest BCUT2D eigenvalue weighted by atomic mass is 32.2. The number of anilines is 2. The quantitative estimate of drug-likeness (QED) is 0.549. The third kappa shape index (κ3) is 5.41. The normalized spacial score (nSPS) is 17.3. The molecule has 2 aromatic carbocycles. The molecule has 0 saturated heterocycles. The minimum atomic E-state index is -3.93. The second kappa shape index (κ2) is 9.13. The third-order valence-corrected chi connectivity index (χ3v) is 6.77. The summed E-state index contributed by atoms with van der Waals surface area (Å²) in [5.74, 6) is 0.835. The number of sulfonamides is 1. The van der Waals surface area contributed by atoms with Crippen LogP contribution in [0.5, 0.6) is 11.6 Å². The maximum atomic E-state index is 13.2. The molecule has 0 amide bonds. The number of rotatable bonds is 3. The minimum Gasteiger partial charge on any atom is -0.496 e. The first-order chi connectivity index (χ1) is 16.0. The molecule has 34 heavy (non-hydrogen) atoms. The maximum absolute atomic E-state index is 13.2. The first kappa shape index (κ1) is 23.8. The molecule has 3 aromatic rings. The molecular formula is C25H30N4O4S. The Morgan fingerprint density at radius 2 is 1.88 bits per heavy atom. The number of methoxy groups -OCH3 is 1. The number of benzene rings is 2. The van der Waals surface area contributed by atoms with Crippen molar-refractivity contribution in [2.45, 2.75) is 45.1 Å². The Balaban J connectivity index is 1.85. The van der Waals surface area contributed by atoms with E-state index < -0.39 is 10.0 Å². The van der Waals surface area contributed by atoms with Crippen molar-refractivity contribution in [2.75, 3.05) is 23.8 Å². The van der Waals surface area contributed by atoms with Crippen LogP contribution in [0.25, 0.3) is 11.3 Å². The van der Waals surface area contributed by atoms with Gasteiger partial charge in [-0.15, -0.1) is 0 Å². The summed E-state index contributed by atoms with van der Waals surface area (Å²) in [7, 11) is -2.34. The molecule has 4 bridgehead atoms. The van der Waals surface area contributed by atoms with Crippen molar-refractivity contribution in [3.63, 3.8) is 0 Å². The molecule has 1 aliphatic rings. The molecule has 1 aliphatic heterocycles. The number of aryl methyl sites for hydroxylation is 1. The SMILES string of the molecule is COc1cccc(C)c1-c1cc2nc(n1)NS(=O)(=O)c1cccc(c1)N[C@H](CC(C)(C)C)CO2. The van der Waals surface area contributed by atoms with Crippen LogP contribution in [0.2, 0.25) is 0 Å². The average molecular weight is 483 g/mol. The van der Waals surface area contributed by atoms with E-state index >= 15 is 0 Å². The molecule has 1 aromatic heterocycles. The van der Waals surface area contributed by atoms with Gasteiger partial charge in [-0.3, -0.25) is 0 Å². The van der Waals surface area contributed by atoms with E-state index in [4.69, 9.17) is 9.47 Å². The number of ether oxygens (including phenoxy) is 2. The first-order valence-corrected chi connectivity index (χ1v) is 12.6. The third-order valence-electron chi connectivity index (χ3n) is 5.45. The molecule has 9 heteroatoms. The van der Waals surface area contributed by atoms with Crippen LogP contribution in [0, 0.1) is 12.3 Å². The summed E-state index contributed by atoms with van der Waals surface area (Å²) in [6, 6.07) is 14.0. The second-order valence-electron chi connectivity index (χ2n) is 9.62. The van der Waals surface area contributed by atoms with Crippen molar-refractivity contribution in [3.8, 4) is 22.9 Å². The Morgan fingerprint density at radius 1 is 1.12 bits per heavy atom. The van der Waals surface area contributed by atoms with Crippen LogP contribution >= 0.6 is 0 Å². The fraction of sp³-hybridized carbons (Fsp3) is 0.360. The van der Waals surface area contributed by atoms with Gasteiger partial charge in [-0.05, 0) is 48.6 Å². The lowest BCUT2D eigenvalue weighted by Crippen LogP contribution is -2.32. The molecular weight excluding hydrogens is 452 g/mol. The van der Waals surface area contributed by atoms with Crippen molar-refractivity contribution in [1.29, 1.82) is 0 Å². The molecule has 0 fully saturated rings. The predicted molar refractivity (Wildman–Crippen MR) is 133 cm³/mol.